The molecule has 0 bridgehead atoms. The van der Waals surface area contributed by atoms with Crippen molar-refractivity contribution in [2.24, 2.45) is 11.7 Å². The molecule has 0 radical (unpaired) electrons. The van der Waals surface area contributed by atoms with E-state index in [-0.39, 0.29) is 6.10 Å². The predicted octanol–water partition coefficient (Wildman–Crippen LogP) is 2.72. The maximum absolute atomic E-state index is 5.78. The average Bonchev–Trinajstić information content (AvgIpc) is 2.34. The number of rotatable bonds is 7. The molecular weight excluding hydrogens is 238 g/mol. The number of ether oxygens (including phenoxy) is 1. The van der Waals surface area contributed by atoms with E-state index in [0.717, 1.165) is 30.1 Å². The Labute approximate surface area is 116 Å². The minimum Gasteiger partial charge on any atom is -0.370 e. The summed E-state index contributed by atoms with van der Waals surface area (Å²) in [6.45, 7) is 11.8. The first kappa shape index (κ1) is 16.1. The van der Waals surface area contributed by atoms with Crippen LogP contribution in [-0.4, -0.2) is 23.1 Å². The fourth-order valence-corrected chi connectivity index (χ4v) is 2.28. The lowest BCUT2D eigenvalue weighted by molar-refractivity contribution is 0.0229. The summed E-state index contributed by atoms with van der Waals surface area (Å²) in [5.41, 5.74) is 8.92. The zero-order valence-electron chi connectivity index (χ0n) is 12.9. The quantitative estimate of drug-likeness (QED) is 0.823. The van der Waals surface area contributed by atoms with Gasteiger partial charge in [0, 0.05) is 18.0 Å². The maximum atomic E-state index is 5.78. The van der Waals surface area contributed by atoms with E-state index in [9.17, 15) is 0 Å². The van der Waals surface area contributed by atoms with E-state index in [1.54, 1.807) is 0 Å². The van der Waals surface area contributed by atoms with Crippen molar-refractivity contribution in [1.29, 1.82) is 0 Å². The minimum absolute atomic E-state index is 0.0223. The standard InChI is InChI=1S/C15H27N3O/c1-6-19-14(10(2)3)15-17-11(4)13(8-7-9-16)12(5)18-15/h10,14H,6-9,16H2,1-5H3. The van der Waals surface area contributed by atoms with E-state index in [0.29, 0.717) is 19.1 Å². The molecule has 1 heterocycles. The van der Waals surface area contributed by atoms with Gasteiger partial charge in [-0.3, -0.25) is 0 Å². The smallest absolute Gasteiger partial charge is 0.157 e. The molecule has 0 aliphatic heterocycles. The number of aryl methyl sites for hydroxylation is 2. The number of nitrogens with zero attached hydrogens (tertiary/aromatic N) is 2. The van der Waals surface area contributed by atoms with Gasteiger partial charge in [0.05, 0.1) is 0 Å². The first-order chi connectivity index (χ1) is 9.01. The Morgan fingerprint density at radius 2 is 1.74 bits per heavy atom. The second-order valence-electron chi connectivity index (χ2n) is 5.24. The lowest BCUT2D eigenvalue weighted by Gasteiger charge is -2.21. The fraction of sp³-hybridized carbons (Fsp3) is 0.733. The zero-order chi connectivity index (χ0) is 14.4. The van der Waals surface area contributed by atoms with Crippen LogP contribution in [0.3, 0.4) is 0 Å². The molecule has 108 valence electrons. The van der Waals surface area contributed by atoms with Crippen molar-refractivity contribution in [1.82, 2.24) is 9.97 Å². The molecule has 2 N–H and O–H groups in total. The minimum atomic E-state index is -0.0223. The molecular formula is C15H27N3O. The van der Waals surface area contributed by atoms with Crippen molar-refractivity contribution in [2.45, 2.75) is 53.6 Å². The number of nitrogens with two attached hydrogens (primary N) is 1. The highest BCUT2D eigenvalue weighted by molar-refractivity contribution is 5.25. The van der Waals surface area contributed by atoms with Gasteiger partial charge in [0.2, 0.25) is 0 Å². The summed E-state index contributed by atoms with van der Waals surface area (Å²) < 4.78 is 5.78. The average molecular weight is 265 g/mol. The summed E-state index contributed by atoms with van der Waals surface area (Å²) in [5, 5.41) is 0. The third-order valence-corrected chi connectivity index (χ3v) is 3.28. The summed E-state index contributed by atoms with van der Waals surface area (Å²) in [6.07, 6.45) is 1.91. The van der Waals surface area contributed by atoms with Crippen LogP contribution < -0.4 is 5.73 Å². The van der Waals surface area contributed by atoms with Gasteiger partial charge in [0.15, 0.2) is 5.82 Å². The molecule has 0 fully saturated rings. The molecule has 4 heteroatoms. The zero-order valence-corrected chi connectivity index (χ0v) is 12.9. The third-order valence-electron chi connectivity index (χ3n) is 3.28. The number of aromatic nitrogens is 2. The Bertz CT molecular complexity index is 381. The monoisotopic (exact) mass is 265 g/mol. The SMILES string of the molecule is CCOC(c1nc(C)c(CCCN)c(C)n1)C(C)C. The van der Waals surface area contributed by atoms with Gasteiger partial charge in [-0.2, -0.15) is 0 Å². The molecule has 0 amide bonds. The van der Waals surface area contributed by atoms with Crippen LogP contribution in [0.15, 0.2) is 0 Å². The second-order valence-corrected chi connectivity index (χ2v) is 5.24. The van der Waals surface area contributed by atoms with E-state index in [1.165, 1.54) is 5.56 Å². The Morgan fingerprint density at radius 3 is 2.16 bits per heavy atom. The first-order valence-corrected chi connectivity index (χ1v) is 7.16. The van der Waals surface area contributed by atoms with Crippen LogP contribution in [0.5, 0.6) is 0 Å². The molecule has 1 rings (SSSR count). The van der Waals surface area contributed by atoms with Crippen LogP contribution in [0, 0.1) is 19.8 Å². The van der Waals surface area contributed by atoms with Gasteiger partial charge in [-0.05, 0) is 51.6 Å². The molecule has 0 aromatic carbocycles. The Hall–Kier alpha value is -1.00. The van der Waals surface area contributed by atoms with Crippen molar-refractivity contribution in [2.75, 3.05) is 13.2 Å². The van der Waals surface area contributed by atoms with Crippen molar-refractivity contribution >= 4 is 0 Å². The summed E-state index contributed by atoms with van der Waals surface area (Å²) in [4.78, 5) is 9.30. The number of hydrogen-bond donors (Lipinski definition) is 1. The molecule has 1 atom stereocenters. The second kappa shape index (κ2) is 7.56. The molecule has 0 aliphatic carbocycles. The number of hydrogen-bond acceptors (Lipinski definition) is 4. The molecule has 0 saturated carbocycles. The first-order valence-electron chi connectivity index (χ1n) is 7.16. The molecule has 1 unspecified atom stereocenters. The summed E-state index contributed by atoms with van der Waals surface area (Å²) in [6, 6.07) is 0. The van der Waals surface area contributed by atoms with E-state index in [1.807, 2.05) is 20.8 Å². The molecule has 1 aromatic heterocycles. The van der Waals surface area contributed by atoms with Gasteiger partial charge in [-0.1, -0.05) is 13.8 Å². The maximum Gasteiger partial charge on any atom is 0.157 e. The van der Waals surface area contributed by atoms with E-state index in [4.69, 9.17) is 10.5 Å². The van der Waals surface area contributed by atoms with Gasteiger partial charge >= 0.3 is 0 Å². The molecule has 1 aromatic rings. The molecule has 0 aliphatic rings. The summed E-state index contributed by atoms with van der Waals surface area (Å²) >= 11 is 0. The Morgan fingerprint density at radius 1 is 1.16 bits per heavy atom. The van der Waals surface area contributed by atoms with E-state index >= 15 is 0 Å². The van der Waals surface area contributed by atoms with Gasteiger partial charge in [0.25, 0.3) is 0 Å². The topological polar surface area (TPSA) is 61.0 Å². The molecule has 19 heavy (non-hydrogen) atoms. The van der Waals surface area contributed by atoms with Crippen LogP contribution in [0.1, 0.15) is 56.1 Å². The van der Waals surface area contributed by atoms with Crippen molar-refractivity contribution in [3.05, 3.63) is 22.8 Å². The van der Waals surface area contributed by atoms with Gasteiger partial charge in [-0.25, -0.2) is 9.97 Å². The third kappa shape index (κ3) is 4.25. The van der Waals surface area contributed by atoms with Crippen LogP contribution in [-0.2, 0) is 11.2 Å². The normalized spacial score (nSPS) is 13.0. The highest BCUT2D eigenvalue weighted by Gasteiger charge is 2.20. The van der Waals surface area contributed by atoms with E-state index < -0.39 is 0 Å². The van der Waals surface area contributed by atoms with Crippen LogP contribution >= 0.6 is 0 Å². The fourth-order valence-electron chi connectivity index (χ4n) is 2.28. The van der Waals surface area contributed by atoms with Gasteiger partial charge < -0.3 is 10.5 Å². The molecule has 0 spiro atoms. The predicted molar refractivity (Wildman–Crippen MR) is 78.1 cm³/mol. The molecule has 0 saturated heterocycles. The summed E-state index contributed by atoms with van der Waals surface area (Å²) in [5.74, 6) is 1.18. The van der Waals surface area contributed by atoms with Gasteiger partial charge in [-0.15, -0.1) is 0 Å². The van der Waals surface area contributed by atoms with Crippen molar-refractivity contribution in [3.63, 3.8) is 0 Å². The van der Waals surface area contributed by atoms with Crippen LogP contribution in [0.2, 0.25) is 0 Å². The Kier molecular flexibility index (Phi) is 6.38. The van der Waals surface area contributed by atoms with Gasteiger partial charge in [0.1, 0.15) is 6.10 Å². The lowest BCUT2D eigenvalue weighted by Crippen LogP contribution is -2.17. The van der Waals surface area contributed by atoms with Crippen molar-refractivity contribution in [3.8, 4) is 0 Å². The van der Waals surface area contributed by atoms with Crippen molar-refractivity contribution < 1.29 is 4.74 Å². The van der Waals surface area contributed by atoms with Crippen LogP contribution in [0.4, 0.5) is 0 Å². The largest absolute Gasteiger partial charge is 0.370 e. The summed E-state index contributed by atoms with van der Waals surface area (Å²) in [7, 11) is 0. The Balaban J connectivity index is 3.04. The lowest BCUT2D eigenvalue weighted by atomic mass is 10.0. The molecule has 4 nitrogen and oxygen atoms in total. The highest BCUT2D eigenvalue weighted by atomic mass is 16.5. The van der Waals surface area contributed by atoms with Crippen LogP contribution in [0.25, 0.3) is 0 Å². The van der Waals surface area contributed by atoms with E-state index in [2.05, 4.69) is 23.8 Å². The highest BCUT2D eigenvalue weighted by Crippen LogP contribution is 2.24.